The minimum atomic E-state index is -0.610. The van der Waals surface area contributed by atoms with Gasteiger partial charge in [-0.25, -0.2) is 9.37 Å². The zero-order valence-electron chi connectivity index (χ0n) is 17.0. The van der Waals surface area contributed by atoms with Gasteiger partial charge >= 0.3 is 0 Å². The van der Waals surface area contributed by atoms with Crippen molar-refractivity contribution < 1.29 is 13.9 Å². The van der Waals surface area contributed by atoms with Gasteiger partial charge in [-0.3, -0.25) is 0 Å². The summed E-state index contributed by atoms with van der Waals surface area (Å²) in [7, 11) is 2.11. The summed E-state index contributed by atoms with van der Waals surface area (Å²) in [6.07, 6.45) is 2.18. The number of hydrogen-bond acceptors (Lipinski definition) is 4. The molecular weight excluding hydrogens is 369 g/mol. The molecule has 0 bridgehead atoms. The minimum absolute atomic E-state index is 0.0593. The van der Waals surface area contributed by atoms with Gasteiger partial charge in [-0.05, 0) is 56.6 Å². The van der Waals surface area contributed by atoms with Crippen LogP contribution in [0.5, 0.6) is 5.75 Å². The van der Waals surface area contributed by atoms with Crippen LogP contribution in [0.2, 0.25) is 0 Å². The van der Waals surface area contributed by atoms with Gasteiger partial charge in [-0.15, -0.1) is 0 Å². The Morgan fingerprint density at radius 3 is 2.76 bits per heavy atom. The number of halogens is 1. The van der Waals surface area contributed by atoms with Gasteiger partial charge in [0.2, 0.25) is 0 Å². The van der Waals surface area contributed by atoms with Gasteiger partial charge in [-0.1, -0.05) is 19.1 Å². The average Bonchev–Trinajstić information content (AvgIpc) is 3.17. The van der Waals surface area contributed by atoms with Crippen LogP contribution in [0, 0.1) is 5.82 Å². The molecule has 1 atom stereocenters. The number of fused-ring (bicyclic) bond motifs is 1. The molecule has 154 valence electrons. The van der Waals surface area contributed by atoms with E-state index < -0.39 is 6.10 Å². The number of nitrogens with one attached hydrogen (secondary N) is 1. The molecule has 1 aromatic heterocycles. The van der Waals surface area contributed by atoms with Gasteiger partial charge in [0, 0.05) is 18.7 Å². The van der Waals surface area contributed by atoms with Crippen LogP contribution in [0.15, 0.2) is 42.5 Å². The number of para-hydroxylation sites is 2. The molecular formula is C23H28FN3O2. The largest absolute Gasteiger partial charge is 0.494 e. The lowest BCUT2D eigenvalue weighted by Gasteiger charge is -2.31. The number of aromatic nitrogens is 2. The Labute approximate surface area is 170 Å². The second kappa shape index (κ2) is 8.93. The number of ether oxygens (including phenoxy) is 2. The average molecular weight is 397 g/mol. The third-order valence-corrected chi connectivity index (χ3v) is 5.37. The number of rotatable bonds is 7. The molecule has 1 N–H and O–H groups in total. The lowest BCUT2D eigenvalue weighted by molar-refractivity contribution is -0.0277. The molecule has 6 heteroatoms. The molecule has 0 amide bonds. The molecule has 29 heavy (non-hydrogen) atoms. The zero-order chi connectivity index (χ0) is 20.2. The number of nitrogens with zero attached hydrogens (tertiary/aromatic N) is 2. The van der Waals surface area contributed by atoms with Crippen molar-refractivity contribution in [3.05, 3.63) is 59.7 Å². The van der Waals surface area contributed by atoms with Crippen LogP contribution in [0.3, 0.4) is 0 Å². The Morgan fingerprint density at radius 2 is 2.00 bits per heavy atom. The van der Waals surface area contributed by atoms with Crippen molar-refractivity contribution in [2.75, 3.05) is 26.7 Å². The lowest BCUT2D eigenvalue weighted by atomic mass is 10.0. The Hall–Kier alpha value is -2.44. The zero-order valence-corrected chi connectivity index (χ0v) is 17.0. The van der Waals surface area contributed by atoms with Gasteiger partial charge in [0.25, 0.3) is 0 Å². The summed E-state index contributed by atoms with van der Waals surface area (Å²) in [4.78, 5) is 10.3. The SMILES string of the molecule is CCCOc1ccc(F)c(C(OC2CCN(C)CC2)c2nc3ccccc3[nH]2)c1. The van der Waals surface area contributed by atoms with Crippen molar-refractivity contribution in [2.45, 2.75) is 38.4 Å². The molecule has 4 rings (SSSR count). The monoisotopic (exact) mass is 397 g/mol. The second-order valence-corrected chi connectivity index (χ2v) is 7.69. The van der Waals surface area contributed by atoms with Gasteiger partial charge in [0.15, 0.2) is 0 Å². The quantitative estimate of drug-likeness (QED) is 0.628. The standard InChI is InChI=1S/C23H28FN3O2/c1-3-14-28-17-8-9-19(24)18(15-17)22(29-16-10-12-27(2)13-11-16)23-25-20-6-4-5-7-21(20)26-23/h4-9,15-16,22H,3,10-14H2,1-2H3,(H,25,26). The molecule has 0 spiro atoms. The number of aromatic amines is 1. The number of benzene rings is 2. The first-order valence-electron chi connectivity index (χ1n) is 10.3. The summed E-state index contributed by atoms with van der Waals surface area (Å²) in [5.41, 5.74) is 2.22. The fourth-order valence-corrected chi connectivity index (χ4v) is 3.73. The summed E-state index contributed by atoms with van der Waals surface area (Å²) >= 11 is 0. The topological polar surface area (TPSA) is 50.4 Å². The van der Waals surface area contributed by atoms with E-state index in [0.29, 0.717) is 23.7 Å². The maximum Gasteiger partial charge on any atom is 0.143 e. The summed E-state index contributed by atoms with van der Waals surface area (Å²) in [5, 5.41) is 0. The molecule has 5 nitrogen and oxygen atoms in total. The maximum absolute atomic E-state index is 14.9. The third kappa shape index (κ3) is 4.60. The summed E-state index contributed by atoms with van der Waals surface area (Å²) < 4.78 is 27.1. The van der Waals surface area contributed by atoms with E-state index in [9.17, 15) is 4.39 Å². The van der Waals surface area contributed by atoms with E-state index in [1.165, 1.54) is 6.07 Å². The number of hydrogen-bond donors (Lipinski definition) is 1. The van der Waals surface area contributed by atoms with Crippen molar-refractivity contribution >= 4 is 11.0 Å². The predicted octanol–water partition coefficient (Wildman–Crippen LogP) is 4.69. The Morgan fingerprint density at radius 1 is 1.21 bits per heavy atom. The van der Waals surface area contributed by atoms with Crippen LogP contribution >= 0.6 is 0 Å². The smallest absolute Gasteiger partial charge is 0.143 e. The van der Waals surface area contributed by atoms with Crippen LogP contribution in [0.1, 0.15) is 43.7 Å². The Bertz CT molecular complexity index is 917. The van der Waals surface area contributed by atoms with E-state index in [2.05, 4.69) is 16.9 Å². The molecule has 2 heterocycles. The fourth-order valence-electron chi connectivity index (χ4n) is 3.73. The van der Waals surface area contributed by atoms with Gasteiger partial charge in [0.1, 0.15) is 23.5 Å². The summed E-state index contributed by atoms with van der Waals surface area (Å²) in [6, 6.07) is 12.7. The van der Waals surface area contributed by atoms with E-state index in [0.717, 1.165) is 43.4 Å². The minimum Gasteiger partial charge on any atom is -0.494 e. The number of piperidine rings is 1. The maximum atomic E-state index is 14.9. The summed E-state index contributed by atoms with van der Waals surface area (Å²) in [6.45, 7) is 4.58. The molecule has 1 aliphatic rings. The van der Waals surface area contributed by atoms with Crippen LogP contribution in [-0.2, 0) is 4.74 Å². The molecule has 0 aliphatic carbocycles. The van der Waals surface area contributed by atoms with Crippen LogP contribution in [0.25, 0.3) is 11.0 Å². The van der Waals surface area contributed by atoms with E-state index in [1.807, 2.05) is 31.2 Å². The van der Waals surface area contributed by atoms with Crippen molar-refractivity contribution in [3.63, 3.8) is 0 Å². The first-order chi connectivity index (χ1) is 14.1. The lowest BCUT2D eigenvalue weighted by Crippen LogP contribution is -2.35. The normalized spacial score (nSPS) is 16.9. The fraction of sp³-hybridized carbons (Fsp3) is 0.435. The summed E-state index contributed by atoms with van der Waals surface area (Å²) in [5.74, 6) is 0.959. The first-order valence-corrected chi connectivity index (χ1v) is 10.3. The van der Waals surface area contributed by atoms with Crippen molar-refractivity contribution in [1.29, 1.82) is 0 Å². The highest BCUT2D eigenvalue weighted by Gasteiger charge is 2.28. The second-order valence-electron chi connectivity index (χ2n) is 7.69. The van der Waals surface area contributed by atoms with Crippen LogP contribution < -0.4 is 4.74 Å². The predicted molar refractivity (Wildman–Crippen MR) is 112 cm³/mol. The number of H-pyrrole nitrogens is 1. The first kappa shape index (κ1) is 19.9. The number of likely N-dealkylation sites (tertiary alicyclic amines) is 1. The molecule has 0 radical (unpaired) electrons. The van der Waals surface area contributed by atoms with Crippen molar-refractivity contribution in [1.82, 2.24) is 14.9 Å². The molecule has 1 unspecified atom stereocenters. The van der Waals surface area contributed by atoms with Gasteiger partial charge in [-0.2, -0.15) is 0 Å². The highest BCUT2D eigenvalue weighted by atomic mass is 19.1. The molecule has 1 aliphatic heterocycles. The van der Waals surface area contributed by atoms with Crippen LogP contribution in [0.4, 0.5) is 4.39 Å². The van der Waals surface area contributed by atoms with Gasteiger partial charge in [0.05, 0.1) is 23.7 Å². The Kier molecular flexibility index (Phi) is 6.11. The van der Waals surface area contributed by atoms with E-state index in [-0.39, 0.29) is 11.9 Å². The van der Waals surface area contributed by atoms with E-state index >= 15 is 0 Å². The third-order valence-electron chi connectivity index (χ3n) is 5.37. The number of imidazole rings is 1. The van der Waals surface area contributed by atoms with E-state index in [4.69, 9.17) is 14.5 Å². The molecule has 3 aromatic rings. The highest BCUT2D eigenvalue weighted by Crippen LogP contribution is 2.33. The Balaban J connectivity index is 1.69. The van der Waals surface area contributed by atoms with E-state index in [1.54, 1.807) is 12.1 Å². The van der Waals surface area contributed by atoms with Crippen molar-refractivity contribution in [2.24, 2.45) is 0 Å². The molecule has 1 saturated heterocycles. The molecule has 2 aromatic carbocycles. The van der Waals surface area contributed by atoms with Crippen molar-refractivity contribution in [3.8, 4) is 5.75 Å². The van der Waals surface area contributed by atoms with Gasteiger partial charge < -0.3 is 19.4 Å². The van der Waals surface area contributed by atoms with Crippen LogP contribution in [-0.4, -0.2) is 47.7 Å². The molecule has 1 fully saturated rings. The molecule has 0 saturated carbocycles. The highest BCUT2D eigenvalue weighted by molar-refractivity contribution is 5.74.